The first-order chi connectivity index (χ1) is 9.30. The van der Waals surface area contributed by atoms with Gasteiger partial charge in [-0.3, -0.25) is 4.99 Å². The van der Waals surface area contributed by atoms with Gasteiger partial charge in [0.2, 0.25) is 0 Å². The average molecular weight is 286 g/mol. The lowest BCUT2D eigenvalue weighted by Gasteiger charge is -2.32. The Balaban J connectivity index is 2.32. The van der Waals surface area contributed by atoms with E-state index in [0.717, 1.165) is 24.8 Å². The Morgan fingerprint density at radius 2 is 2.05 bits per heavy atom. The fraction of sp³-hybridized carbons (Fsp3) is 0.929. The van der Waals surface area contributed by atoms with E-state index in [1.54, 1.807) is 0 Å². The molecule has 0 unspecified atom stereocenters. The van der Waals surface area contributed by atoms with Crippen molar-refractivity contribution in [1.29, 1.82) is 0 Å². The minimum atomic E-state index is 0.584. The van der Waals surface area contributed by atoms with Crippen molar-refractivity contribution in [1.82, 2.24) is 15.5 Å². The molecule has 0 atom stereocenters. The van der Waals surface area contributed by atoms with Gasteiger partial charge in [-0.15, -0.1) is 0 Å². The summed E-state index contributed by atoms with van der Waals surface area (Å²) in [4.78, 5) is 7.18. The van der Waals surface area contributed by atoms with E-state index in [2.05, 4.69) is 40.6 Å². The predicted molar refractivity (Wildman–Crippen MR) is 87.2 cm³/mol. The Hall–Kier alpha value is -0.420. The topological polar surface area (TPSA) is 39.7 Å². The van der Waals surface area contributed by atoms with Crippen LogP contribution in [-0.2, 0) is 0 Å². The van der Waals surface area contributed by atoms with E-state index in [1.807, 2.05) is 11.8 Å². The van der Waals surface area contributed by atoms with Crippen LogP contribution >= 0.6 is 11.8 Å². The van der Waals surface area contributed by atoms with Gasteiger partial charge in [0, 0.05) is 31.4 Å². The van der Waals surface area contributed by atoms with E-state index in [-0.39, 0.29) is 0 Å². The first kappa shape index (κ1) is 16.6. The highest BCUT2D eigenvalue weighted by atomic mass is 32.2. The molecule has 0 spiro atoms. The zero-order valence-electron chi connectivity index (χ0n) is 12.7. The van der Waals surface area contributed by atoms with Crippen LogP contribution in [0.2, 0.25) is 0 Å². The average Bonchev–Trinajstić information content (AvgIpc) is 2.42. The molecule has 1 fully saturated rings. The Kier molecular flexibility index (Phi) is 9.08. The standard InChI is InChI=1S/C14H30N4S/c1-4-9-18-10-6-13(7-11-18)17-14(15-5-2)16-8-12-19-3/h13H,4-12H2,1-3H3,(H2,15,16,17). The van der Waals surface area contributed by atoms with Crippen LogP contribution in [-0.4, -0.2) is 61.6 Å². The van der Waals surface area contributed by atoms with Crippen molar-refractivity contribution in [3.05, 3.63) is 0 Å². The molecule has 0 aromatic carbocycles. The van der Waals surface area contributed by atoms with Gasteiger partial charge in [-0.25, -0.2) is 0 Å². The smallest absolute Gasteiger partial charge is 0.191 e. The van der Waals surface area contributed by atoms with Crippen molar-refractivity contribution in [2.45, 2.75) is 39.2 Å². The predicted octanol–water partition coefficient (Wildman–Crippen LogP) is 1.78. The molecule has 0 aromatic heterocycles. The highest BCUT2D eigenvalue weighted by molar-refractivity contribution is 7.98. The number of hydrogen-bond acceptors (Lipinski definition) is 3. The molecule has 0 radical (unpaired) electrons. The van der Waals surface area contributed by atoms with Crippen LogP contribution in [0.15, 0.2) is 4.99 Å². The second-order valence-electron chi connectivity index (χ2n) is 5.01. The van der Waals surface area contributed by atoms with Crippen LogP contribution in [0.25, 0.3) is 0 Å². The van der Waals surface area contributed by atoms with Crippen molar-refractivity contribution in [3.8, 4) is 0 Å². The number of nitrogens with zero attached hydrogens (tertiary/aromatic N) is 2. The van der Waals surface area contributed by atoms with E-state index < -0.39 is 0 Å². The normalized spacial score (nSPS) is 18.6. The first-order valence-electron chi connectivity index (χ1n) is 7.56. The molecule has 19 heavy (non-hydrogen) atoms. The highest BCUT2D eigenvalue weighted by Gasteiger charge is 2.19. The molecule has 0 amide bonds. The van der Waals surface area contributed by atoms with Gasteiger partial charge in [0.05, 0.1) is 6.54 Å². The van der Waals surface area contributed by atoms with Gasteiger partial charge in [-0.1, -0.05) is 6.92 Å². The summed E-state index contributed by atoms with van der Waals surface area (Å²) >= 11 is 1.84. The molecule has 1 heterocycles. The quantitative estimate of drug-likeness (QED) is 0.425. The molecule has 1 aliphatic rings. The number of hydrogen-bond donors (Lipinski definition) is 2. The summed E-state index contributed by atoms with van der Waals surface area (Å²) in [6.07, 6.45) is 5.84. The van der Waals surface area contributed by atoms with Gasteiger partial charge >= 0.3 is 0 Å². The number of likely N-dealkylation sites (tertiary alicyclic amines) is 1. The monoisotopic (exact) mass is 286 g/mol. The summed E-state index contributed by atoms with van der Waals surface area (Å²) in [6.45, 7) is 9.88. The maximum absolute atomic E-state index is 4.61. The summed E-state index contributed by atoms with van der Waals surface area (Å²) in [5, 5.41) is 6.92. The van der Waals surface area contributed by atoms with Crippen molar-refractivity contribution in [2.75, 3.05) is 44.7 Å². The van der Waals surface area contributed by atoms with Crippen LogP contribution < -0.4 is 10.6 Å². The zero-order valence-corrected chi connectivity index (χ0v) is 13.6. The van der Waals surface area contributed by atoms with Gasteiger partial charge < -0.3 is 15.5 Å². The SMILES string of the molecule is CCCN1CCC(NC(=NCCSC)NCC)CC1. The maximum atomic E-state index is 4.61. The molecule has 1 rings (SSSR count). The number of nitrogens with one attached hydrogen (secondary N) is 2. The molecule has 0 saturated carbocycles. The minimum absolute atomic E-state index is 0.584. The second kappa shape index (κ2) is 10.4. The van der Waals surface area contributed by atoms with Gasteiger partial charge in [-0.2, -0.15) is 11.8 Å². The lowest BCUT2D eigenvalue weighted by atomic mass is 10.1. The highest BCUT2D eigenvalue weighted by Crippen LogP contribution is 2.10. The van der Waals surface area contributed by atoms with Gasteiger partial charge in [0.1, 0.15) is 0 Å². The molecule has 0 bridgehead atoms. The molecule has 4 nitrogen and oxygen atoms in total. The molecule has 5 heteroatoms. The summed E-state index contributed by atoms with van der Waals surface area (Å²) in [6, 6.07) is 0.584. The summed E-state index contributed by atoms with van der Waals surface area (Å²) in [5.74, 6) is 2.08. The minimum Gasteiger partial charge on any atom is -0.357 e. The van der Waals surface area contributed by atoms with E-state index >= 15 is 0 Å². The number of thioether (sulfide) groups is 1. The van der Waals surface area contributed by atoms with Crippen LogP contribution in [0.4, 0.5) is 0 Å². The number of aliphatic imine (C=N–C) groups is 1. The van der Waals surface area contributed by atoms with Crippen LogP contribution in [0.3, 0.4) is 0 Å². The molecule has 0 aliphatic carbocycles. The third kappa shape index (κ3) is 7.06. The van der Waals surface area contributed by atoms with Crippen molar-refractivity contribution < 1.29 is 0 Å². The van der Waals surface area contributed by atoms with Gasteiger partial charge in [0.25, 0.3) is 0 Å². The largest absolute Gasteiger partial charge is 0.357 e. The fourth-order valence-corrected chi connectivity index (χ4v) is 2.65. The van der Waals surface area contributed by atoms with Crippen molar-refractivity contribution >= 4 is 17.7 Å². The third-order valence-electron chi connectivity index (χ3n) is 3.38. The van der Waals surface area contributed by atoms with Gasteiger partial charge in [-0.05, 0) is 39.0 Å². The summed E-state index contributed by atoms with van der Waals surface area (Å²) in [5.41, 5.74) is 0. The Bertz CT molecular complexity index is 250. The van der Waals surface area contributed by atoms with Crippen molar-refractivity contribution in [3.63, 3.8) is 0 Å². The Morgan fingerprint density at radius 3 is 2.63 bits per heavy atom. The maximum Gasteiger partial charge on any atom is 0.191 e. The molecule has 0 aromatic rings. The number of piperidine rings is 1. The van der Waals surface area contributed by atoms with Gasteiger partial charge in [0.15, 0.2) is 5.96 Å². The lowest BCUT2D eigenvalue weighted by Crippen LogP contribution is -2.48. The first-order valence-corrected chi connectivity index (χ1v) is 8.95. The van der Waals surface area contributed by atoms with Crippen LogP contribution in [0.5, 0.6) is 0 Å². The molecule has 2 N–H and O–H groups in total. The zero-order chi connectivity index (χ0) is 13.9. The van der Waals surface area contributed by atoms with E-state index in [0.29, 0.717) is 6.04 Å². The Morgan fingerprint density at radius 1 is 1.32 bits per heavy atom. The molecule has 1 aliphatic heterocycles. The molecular weight excluding hydrogens is 256 g/mol. The van der Waals surface area contributed by atoms with Crippen molar-refractivity contribution in [2.24, 2.45) is 4.99 Å². The van der Waals surface area contributed by atoms with Crippen LogP contribution in [0, 0.1) is 0 Å². The van der Waals surface area contributed by atoms with E-state index in [1.165, 1.54) is 38.9 Å². The second-order valence-corrected chi connectivity index (χ2v) is 6.00. The lowest BCUT2D eigenvalue weighted by molar-refractivity contribution is 0.206. The third-order valence-corrected chi connectivity index (χ3v) is 3.97. The van der Waals surface area contributed by atoms with E-state index in [4.69, 9.17) is 0 Å². The summed E-state index contributed by atoms with van der Waals surface area (Å²) < 4.78 is 0. The number of rotatable bonds is 7. The Labute approximate surface area is 122 Å². The molecule has 1 saturated heterocycles. The van der Waals surface area contributed by atoms with E-state index in [9.17, 15) is 0 Å². The fourth-order valence-electron chi connectivity index (χ4n) is 2.38. The van der Waals surface area contributed by atoms with Crippen LogP contribution in [0.1, 0.15) is 33.1 Å². The summed E-state index contributed by atoms with van der Waals surface area (Å²) in [7, 11) is 0. The molecule has 112 valence electrons. The number of guanidine groups is 1. The molecular formula is C14H30N4S.